The van der Waals surface area contributed by atoms with Crippen LogP contribution in [0.25, 0.3) is 0 Å². The summed E-state index contributed by atoms with van der Waals surface area (Å²) in [4.78, 5) is 1.32. The third kappa shape index (κ3) is 2.61. The molecule has 58 valence electrons. The van der Waals surface area contributed by atoms with Gasteiger partial charge in [-0.25, -0.2) is 0 Å². The van der Waals surface area contributed by atoms with E-state index in [2.05, 4.69) is 81.6 Å². The van der Waals surface area contributed by atoms with Crippen LogP contribution in [0.1, 0.15) is 4.88 Å². The van der Waals surface area contributed by atoms with Crippen LogP contribution in [0.5, 0.6) is 0 Å². The molecule has 0 aliphatic rings. The SMILES string of the molecule is [Se]C([Se])C([Se])([Se])c1cccs1. The number of rotatable bonds is 2. The minimum absolute atomic E-state index is 0.0197. The topological polar surface area (TPSA) is 0 Å². The minimum atomic E-state index is -0.0197. The molecular weight excluding hydrogens is 420 g/mol. The van der Waals surface area contributed by atoms with Gasteiger partial charge in [0.1, 0.15) is 0 Å². The Morgan fingerprint density at radius 2 is 2.00 bits per heavy atom. The van der Waals surface area contributed by atoms with E-state index in [9.17, 15) is 0 Å². The Balaban J connectivity index is 2.90. The fourth-order valence-electron chi connectivity index (χ4n) is 0.593. The van der Waals surface area contributed by atoms with E-state index >= 15 is 0 Å². The molecule has 0 atom stereocenters. The van der Waals surface area contributed by atoms with Gasteiger partial charge in [-0.05, 0) is 0 Å². The third-order valence-corrected chi connectivity index (χ3v) is 9.18. The van der Waals surface area contributed by atoms with Crippen molar-refractivity contribution in [3.63, 3.8) is 0 Å². The second kappa shape index (κ2) is 4.33. The molecular formula is C6H4SSe4. The summed E-state index contributed by atoms with van der Waals surface area (Å²) in [6.07, 6.45) is 0. The van der Waals surface area contributed by atoms with Crippen molar-refractivity contribution in [2.45, 2.75) is 6.93 Å². The monoisotopic (exact) mass is 428 g/mol. The molecule has 0 saturated heterocycles. The predicted molar refractivity (Wildman–Crippen MR) is 52.8 cm³/mol. The second-order valence-corrected chi connectivity index (χ2v) is 10.4. The van der Waals surface area contributed by atoms with Crippen LogP contribution < -0.4 is 0 Å². The maximum absolute atomic E-state index is 3.15. The van der Waals surface area contributed by atoms with E-state index in [-0.39, 0.29) is 3.21 Å². The molecule has 0 unspecified atom stereocenters. The first-order chi connectivity index (χ1) is 5.05. The van der Waals surface area contributed by atoms with Crippen molar-refractivity contribution in [3.05, 3.63) is 22.4 Å². The molecule has 0 aromatic carbocycles. The summed E-state index contributed by atoms with van der Waals surface area (Å²) in [6, 6.07) is 4.19. The van der Waals surface area contributed by atoms with E-state index in [1.807, 2.05) is 0 Å². The first-order valence-corrected chi connectivity index (χ1v) is 7.38. The quantitative estimate of drug-likeness (QED) is 0.601. The molecule has 11 heavy (non-hydrogen) atoms. The summed E-state index contributed by atoms with van der Waals surface area (Å²) >= 11 is 14.2. The van der Waals surface area contributed by atoms with E-state index in [1.165, 1.54) is 4.88 Å². The van der Waals surface area contributed by atoms with Gasteiger partial charge in [0.2, 0.25) is 0 Å². The molecule has 5 heteroatoms. The van der Waals surface area contributed by atoms with Gasteiger partial charge in [0.25, 0.3) is 0 Å². The van der Waals surface area contributed by atoms with E-state index in [0.29, 0.717) is 3.71 Å². The van der Waals surface area contributed by atoms with Gasteiger partial charge in [0.15, 0.2) is 0 Å². The van der Waals surface area contributed by atoms with Crippen LogP contribution in [0.15, 0.2) is 17.5 Å². The van der Waals surface area contributed by atoms with Gasteiger partial charge in [0, 0.05) is 0 Å². The summed E-state index contributed by atoms with van der Waals surface area (Å²) in [6.45, 7) is 0. The zero-order valence-electron chi connectivity index (χ0n) is 5.35. The van der Waals surface area contributed by atoms with Crippen LogP contribution >= 0.6 is 11.3 Å². The van der Waals surface area contributed by atoms with Crippen LogP contribution in [0.4, 0.5) is 0 Å². The molecule has 0 saturated carbocycles. The van der Waals surface area contributed by atoms with Gasteiger partial charge in [-0.15, -0.1) is 0 Å². The van der Waals surface area contributed by atoms with Crippen molar-refractivity contribution < 1.29 is 0 Å². The zero-order valence-corrected chi connectivity index (χ0v) is 13.0. The summed E-state index contributed by atoms with van der Waals surface area (Å²) in [7, 11) is 0. The standard InChI is InChI=1S/C6H4SSe4/c8-5(9)6(10,11)4-2-1-3-7-4/h1-3,5H. The van der Waals surface area contributed by atoms with Gasteiger partial charge < -0.3 is 0 Å². The van der Waals surface area contributed by atoms with E-state index < -0.39 is 0 Å². The van der Waals surface area contributed by atoms with Crippen molar-refractivity contribution in [1.29, 1.82) is 0 Å². The summed E-state index contributed by atoms with van der Waals surface area (Å²) in [5.41, 5.74) is 0. The fraction of sp³-hybridized carbons (Fsp3) is 0.333. The van der Waals surface area contributed by atoms with Gasteiger partial charge in [-0.2, -0.15) is 0 Å². The Morgan fingerprint density at radius 1 is 1.36 bits per heavy atom. The molecule has 0 spiro atoms. The molecule has 1 heterocycles. The number of hydrogen-bond donors (Lipinski definition) is 0. The van der Waals surface area contributed by atoms with Crippen molar-refractivity contribution in [1.82, 2.24) is 0 Å². The number of thiophene rings is 1. The second-order valence-electron chi connectivity index (χ2n) is 1.98. The Kier molecular flexibility index (Phi) is 4.27. The third-order valence-electron chi connectivity index (χ3n) is 1.17. The Morgan fingerprint density at radius 3 is 2.36 bits per heavy atom. The first kappa shape index (κ1) is 10.9. The van der Waals surface area contributed by atoms with Crippen LogP contribution in [-0.4, -0.2) is 64.1 Å². The average molecular weight is 424 g/mol. The van der Waals surface area contributed by atoms with E-state index in [0.717, 1.165) is 0 Å². The Hall–Kier alpha value is 1.78. The Bertz CT molecular complexity index is 216. The van der Waals surface area contributed by atoms with Gasteiger partial charge in [0.05, 0.1) is 0 Å². The van der Waals surface area contributed by atoms with Gasteiger partial charge in [-0.1, -0.05) is 0 Å². The van der Waals surface area contributed by atoms with Crippen LogP contribution in [0, 0.1) is 0 Å². The maximum atomic E-state index is 3.15. The van der Waals surface area contributed by atoms with Gasteiger partial charge >= 0.3 is 105 Å². The summed E-state index contributed by atoms with van der Waals surface area (Å²) < 4.78 is 0.329. The molecule has 0 bridgehead atoms. The zero-order chi connectivity index (χ0) is 8.48. The van der Waals surface area contributed by atoms with E-state index in [4.69, 9.17) is 0 Å². The average Bonchev–Trinajstić information content (AvgIpc) is 2.37. The molecule has 0 nitrogen and oxygen atoms in total. The Labute approximate surface area is 104 Å². The molecule has 4 radical (unpaired) electrons. The molecule has 0 aliphatic carbocycles. The molecule has 0 N–H and O–H groups in total. The normalized spacial score (nSPS) is 12.5. The predicted octanol–water partition coefficient (Wildman–Crippen LogP) is 0.321. The fourth-order valence-corrected chi connectivity index (χ4v) is 3.10. The van der Waals surface area contributed by atoms with Crippen molar-refractivity contribution >= 4 is 75.4 Å². The molecule has 0 amide bonds. The molecule has 1 aromatic rings. The van der Waals surface area contributed by atoms with Crippen molar-refractivity contribution in [3.8, 4) is 0 Å². The molecule has 1 aromatic heterocycles. The molecule has 1 rings (SSSR count). The van der Waals surface area contributed by atoms with E-state index in [1.54, 1.807) is 11.3 Å². The van der Waals surface area contributed by atoms with Gasteiger partial charge in [-0.3, -0.25) is 0 Å². The number of hydrogen-bond acceptors (Lipinski definition) is 1. The summed E-state index contributed by atoms with van der Waals surface area (Å²) in [5, 5.41) is 2.08. The first-order valence-electron chi connectivity index (χ1n) is 2.81. The van der Waals surface area contributed by atoms with Crippen LogP contribution in [0.3, 0.4) is 0 Å². The van der Waals surface area contributed by atoms with Crippen LogP contribution in [0.2, 0.25) is 3.71 Å². The molecule has 0 aliphatic heterocycles. The summed E-state index contributed by atoms with van der Waals surface area (Å²) in [5.74, 6) is 0. The molecule has 0 fully saturated rings. The van der Waals surface area contributed by atoms with Crippen molar-refractivity contribution in [2.75, 3.05) is 0 Å². The van der Waals surface area contributed by atoms with Crippen molar-refractivity contribution in [2.24, 2.45) is 0 Å². The van der Waals surface area contributed by atoms with Crippen LogP contribution in [-0.2, 0) is 3.21 Å².